The molecule has 2 rings (SSSR count). The van der Waals surface area contributed by atoms with Gasteiger partial charge in [0.2, 0.25) is 0 Å². The predicted molar refractivity (Wildman–Crippen MR) is 68.8 cm³/mol. The number of aromatic nitrogens is 2. The number of nitrogens with zero attached hydrogens (tertiary/aromatic N) is 1. The summed E-state index contributed by atoms with van der Waals surface area (Å²) < 4.78 is 23.0. The van der Waals surface area contributed by atoms with Crippen molar-refractivity contribution in [2.75, 3.05) is 6.26 Å². The van der Waals surface area contributed by atoms with Crippen LogP contribution >= 0.6 is 0 Å². The maximum absolute atomic E-state index is 11.5. The number of benzene rings is 1. The summed E-state index contributed by atoms with van der Waals surface area (Å²) >= 11 is 0. The summed E-state index contributed by atoms with van der Waals surface area (Å²) in [5.41, 5.74) is 1.77. The highest BCUT2D eigenvalue weighted by Crippen LogP contribution is 2.25. The van der Waals surface area contributed by atoms with Gasteiger partial charge in [0.15, 0.2) is 9.84 Å². The standard InChI is InChI=1S/C12H12N2O4S/c1-7-3-4-8(19(2,17)18)5-9(7)10-6-11(12(15)16)14-13-10/h3-6H,1-2H3,(H,13,14)(H,15,16). The number of aromatic carboxylic acids is 1. The molecule has 0 aliphatic rings. The van der Waals surface area contributed by atoms with E-state index in [2.05, 4.69) is 10.2 Å². The van der Waals surface area contributed by atoms with Crippen LogP contribution < -0.4 is 0 Å². The molecule has 19 heavy (non-hydrogen) atoms. The highest BCUT2D eigenvalue weighted by atomic mass is 32.2. The molecule has 0 unspecified atom stereocenters. The van der Waals surface area contributed by atoms with Crippen LogP contribution in [-0.2, 0) is 9.84 Å². The van der Waals surface area contributed by atoms with Gasteiger partial charge in [-0.1, -0.05) is 6.07 Å². The number of hydrogen-bond acceptors (Lipinski definition) is 4. The van der Waals surface area contributed by atoms with Crippen LogP contribution in [0, 0.1) is 6.92 Å². The Labute approximate surface area is 110 Å². The number of aromatic amines is 1. The smallest absolute Gasteiger partial charge is 0.353 e. The molecule has 1 aromatic heterocycles. The zero-order valence-corrected chi connectivity index (χ0v) is 11.2. The van der Waals surface area contributed by atoms with E-state index in [-0.39, 0.29) is 10.6 Å². The lowest BCUT2D eigenvalue weighted by molar-refractivity contribution is 0.0690. The van der Waals surface area contributed by atoms with Crippen LogP contribution in [0.3, 0.4) is 0 Å². The van der Waals surface area contributed by atoms with Gasteiger partial charge in [-0.2, -0.15) is 5.10 Å². The molecule has 100 valence electrons. The van der Waals surface area contributed by atoms with Gasteiger partial charge in [0.25, 0.3) is 0 Å². The first kappa shape index (κ1) is 13.3. The van der Waals surface area contributed by atoms with E-state index in [1.807, 2.05) is 0 Å². The number of hydrogen-bond donors (Lipinski definition) is 2. The van der Waals surface area contributed by atoms with Crippen molar-refractivity contribution in [3.8, 4) is 11.3 Å². The first-order valence-corrected chi connectivity index (χ1v) is 7.28. The predicted octanol–water partition coefficient (Wildman–Crippen LogP) is 1.49. The van der Waals surface area contributed by atoms with Crippen molar-refractivity contribution in [1.29, 1.82) is 0 Å². The summed E-state index contributed by atoms with van der Waals surface area (Å²) in [7, 11) is -3.31. The normalized spacial score (nSPS) is 11.5. The Hall–Kier alpha value is -2.15. The third-order valence-electron chi connectivity index (χ3n) is 2.72. The molecule has 2 N–H and O–H groups in total. The Morgan fingerprint density at radius 1 is 1.32 bits per heavy atom. The van der Waals surface area contributed by atoms with E-state index in [0.717, 1.165) is 11.8 Å². The van der Waals surface area contributed by atoms with Crippen molar-refractivity contribution in [3.63, 3.8) is 0 Å². The lowest BCUT2D eigenvalue weighted by atomic mass is 10.1. The number of carboxylic acid groups (broad SMARTS) is 1. The molecule has 0 saturated carbocycles. The van der Waals surface area contributed by atoms with Gasteiger partial charge < -0.3 is 5.11 Å². The number of nitrogens with one attached hydrogen (secondary N) is 1. The first-order valence-electron chi connectivity index (χ1n) is 5.39. The average molecular weight is 280 g/mol. The number of aryl methyl sites for hydroxylation is 1. The fraction of sp³-hybridized carbons (Fsp3) is 0.167. The van der Waals surface area contributed by atoms with Crippen LogP contribution in [-0.4, -0.2) is 35.9 Å². The highest BCUT2D eigenvalue weighted by molar-refractivity contribution is 7.90. The van der Waals surface area contributed by atoms with Gasteiger partial charge in [0.1, 0.15) is 5.69 Å². The molecule has 0 spiro atoms. The molecule has 0 bridgehead atoms. The summed E-state index contributed by atoms with van der Waals surface area (Å²) in [4.78, 5) is 11.0. The van der Waals surface area contributed by atoms with Gasteiger partial charge in [-0.25, -0.2) is 13.2 Å². The van der Waals surface area contributed by atoms with E-state index >= 15 is 0 Å². The maximum atomic E-state index is 11.5. The van der Waals surface area contributed by atoms with Crippen molar-refractivity contribution >= 4 is 15.8 Å². The minimum atomic E-state index is -3.31. The lowest BCUT2D eigenvalue weighted by Gasteiger charge is -2.05. The first-order chi connectivity index (χ1) is 8.79. The third-order valence-corrected chi connectivity index (χ3v) is 3.83. The van der Waals surface area contributed by atoms with Crippen molar-refractivity contribution in [2.45, 2.75) is 11.8 Å². The Kier molecular flexibility index (Phi) is 3.15. The number of carbonyl (C=O) groups is 1. The van der Waals surface area contributed by atoms with E-state index in [1.165, 1.54) is 18.2 Å². The molecule has 0 aliphatic heterocycles. The van der Waals surface area contributed by atoms with Gasteiger partial charge in [-0.3, -0.25) is 5.10 Å². The fourth-order valence-electron chi connectivity index (χ4n) is 1.68. The van der Waals surface area contributed by atoms with E-state index in [4.69, 9.17) is 5.11 Å². The summed E-state index contributed by atoms with van der Waals surface area (Å²) in [5.74, 6) is -1.12. The van der Waals surface area contributed by atoms with Crippen molar-refractivity contribution < 1.29 is 18.3 Å². The SMILES string of the molecule is Cc1ccc(S(C)(=O)=O)cc1-c1cc(C(=O)O)[nH]n1. The minimum Gasteiger partial charge on any atom is -0.477 e. The van der Waals surface area contributed by atoms with Crippen molar-refractivity contribution in [3.05, 3.63) is 35.5 Å². The largest absolute Gasteiger partial charge is 0.477 e. The van der Waals surface area contributed by atoms with Gasteiger partial charge in [-0.05, 0) is 30.7 Å². The molecule has 1 aromatic carbocycles. The van der Waals surface area contributed by atoms with Gasteiger partial charge in [0, 0.05) is 11.8 Å². The van der Waals surface area contributed by atoms with Gasteiger partial charge in [-0.15, -0.1) is 0 Å². The van der Waals surface area contributed by atoms with Gasteiger partial charge in [0.05, 0.1) is 10.6 Å². The van der Waals surface area contributed by atoms with Crippen LogP contribution in [0.2, 0.25) is 0 Å². The maximum Gasteiger partial charge on any atom is 0.353 e. The topological polar surface area (TPSA) is 100 Å². The summed E-state index contributed by atoms with van der Waals surface area (Å²) in [6.07, 6.45) is 1.12. The monoisotopic (exact) mass is 280 g/mol. The van der Waals surface area contributed by atoms with Crippen molar-refractivity contribution in [1.82, 2.24) is 10.2 Å². The van der Waals surface area contributed by atoms with Crippen LogP contribution in [0.25, 0.3) is 11.3 Å². The lowest BCUT2D eigenvalue weighted by Crippen LogP contribution is -1.98. The summed E-state index contributed by atoms with van der Waals surface area (Å²) in [6, 6.07) is 6.04. The summed E-state index contributed by atoms with van der Waals surface area (Å²) in [6.45, 7) is 1.80. The van der Waals surface area contributed by atoms with Crippen LogP contribution in [0.1, 0.15) is 16.1 Å². The second-order valence-electron chi connectivity index (χ2n) is 4.22. The van der Waals surface area contributed by atoms with Gasteiger partial charge >= 0.3 is 5.97 Å². The number of carboxylic acids is 1. The summed E-state index contributed by atoms with van der Waals surface area (Å²) in [5, 5.41) is 15.1. The second kappa shape index (κ2) is 4.51. The Balaban J connectivity index is 2.57. The molecule has 0 saturated heterocycles. The van der Waals surface area contributed by atoms with Crippen LogP contribution in [0.15, 0.2) is 29.2 Å². The minimum absolute atomic E-state index is 0.0424. The number of sulfone groups is 1. The van der Waals surface area contributed by atoms with Crippen molar-refractivity contribution in [2.24, 2.45) is 0 Å². The molecule has 0 radical (unpaired) electrons. The molecule has 1 heterocycles. The number of H-pyrrole nitrogens is 1. The zero-order chi connectivity index (χ0) is 14.2. The Bertz CT molecular complexity index is 747. The second-order valence-corrected chi connectivity index (χ2v) is 6.24. The average Bonchev–Trinajstić information content (AvgIpc) is 2.77. The molecule has 0 amide bonds. The molecule has 0 fully saturated rings. The number of rotatable bonds is 3. The molecule has 6 nitrogen and oxygen atoms in total. The Morgan fingerprint density at radius 3 is 2.53 bits per heavy atom. The molecular weight excluding hydrogens is 268 g/mol. The molecule has 7 heteroatoms. The molecule has 0 aliphatic carbocycles. The van der Waals surface area contributed by atoms with Crippen LogP contribution in [0.4, 0.5) is 0 Å². The molecule has 0 atom stereocenters. The van der Waals surface area contributed by atoms with E-state index < -0.39 is 15.8 Å². The quantitative estimate of drug-likeness (QED) is 0.887. The molecular formula is C12H12N2O4S. The Morgan fingerprint density at radius 2 is 2.00 bits per heavy atom. The van der Waals surface area contributed by atoms with Crippen LogP contribution in [0.5, 0.6) is 0 Å². The third kappa shape index (κ3) is 2.65. The highest BCUT2D eigenvalue weighted by Gasteiger charge is 2.14. The zero-order valence-electron chi connectivity index (χ0n) is 10.3. The molecule has 2 aromatic rings. The fourth-order valence-corrected chi connectivity index (χ4v) is 2.32. The van der Waals surface area contributed by atoms with E-state index in [1.54, 1.807) is 13.0 Å². The van der Waals surface area contributed by atoms with E-state index in [0.29, 0.717) is 11.3 Å². The van der Waals surface area contributed by atoms with E-state index in [9.17, 15) is 13.2 Å².